The highest BCUT2D eigenvalue weighted by Gasteiger charge is 2.05. The van der Waals surface area contributed by atoms with Crippen molar-refractivity contribution < 1.29 is 9.26 Å². The second-order valence-electron chi connectivity index (χ2n) is 3.43. The first-order chi connectivity index (χ1) is 8.29. The maximum atomic E-state index is 5.56. The van der Waals surface area contributed by atoms with E-state index in [1.54, 1.807) is 0 Å². The van der Waals surface area contributed by atoms with Gasteiger partial charge in [-0.2, -0.15) is 4.98 Å². The van der Waals surface area contributed by atoms with Gasteiger partial charge in [-0.15, -0.1) is 0 Å². The molecule has 0 spiro atoms. The molecule has 90 valence electrons. The van der Waals surface area contributed by atoms with Crippen LogP contribution in [0.15, 0.2) is 33.6 Å². The zero-order valence-electron chi connectivity index (χ0n) is 9.31. The van der Waals surface area contributed by atoms with Gasteiger partial charge in [-0.05, 0) is 40.7 Å². The Balaban J connectivity index is 2.01. The molecule has 0 fully saturated rings. The minimum Gasteiger partial charge on any atom is -0.484 e. The van der Waals surface area contributed by atoms with Gasteiger partial charge in [-0.1, -0.05) is 11.2 Å². The molecular weight excluding hydrogens is 286 g/mol. The molecule has 0 bridgehead atoms. The lowest BCUT2D eigenvalue weighted by Crippen LogP contribution is -2.05. The zero-order chi connectivity index (χ0) is 12.1. The lowest BCUT2D eigenvalue weighted by atomic mass is 10.2. The summed E-state index contributed by atoms with van der Waals surface area (Å²) in [6.07, 6.45) is 1.28. The van der Waals surface area contributed by atoms with Crippen molar-refractivity contribution >= 4 is 15.9 Å². The van der Waals surface area contributed by atoms with Gasteiger partial charge >= 0.3 is 0 Å². The van der Waals surface area contributed by atoms with Gasteiger partial charge in [-0.25, -0.2) is 0 Å². The van der Waals surface area contributed by atoms with E-state index in [-0.39, 0.29) is 0 Å². The maximum absolute atomic E-state index is 5.56. The quantitative estimate of drug-likeness (QED) is 0.916. The number of rotatable bonds is 5. The number of nitrogens with one attached hydrogen (secondary N) is 1. The molecule has 6 heteroatoms. The standard InChI is InChI=1S/C11H12BrN3O2/c1-13-5-8-2-3-10(9(12)4-8)16-6-11-14-7-17-15-11/h2-4,7,13H,5-6H2,1H3. The summed E-state index contributed by atoms with van der Waals surface area (Å²) in [7, 11) is 1.91. The molecule has 0 atom stereocenters. The van der Waals surface area contributed by atoms with E-state index in [1.807, 2.05) is 25.2 Å². The minimum atomic E-state index is 0.292. The summed E-state index contributed by atoms with van der Waals surface area (Å²) in [5.74, 6) is 1.28. The molecule has 0 aliphatic heterocycles. The summed E-state index contributed by atoms with van der Waals surface area (Å²) >= 11 is 3.46. The fourth-order valence-corrected chi connectivity index (χ4v) is 1.91. The van der Waals surface area contributed by atoms with Crippen LogP contribution in [-0.2, 0) is 13.2 Å². The van der Waals surface area contributed by atoms with Gasteiger partial charge in [0.15, 0.2) is 6.61 Å². The van der Waals surface area contributed by atoms with E-state index >= 15 is 0 Å². The van der Waals surface area contributed by atoms with Crippen molar-refractivity contribution in [2.24, 2.45) is 0 Å². The topological polar surface area (TPSA) is 60.2 Å². The van der Waals surface area contributed by atoms with Crippen LogP contribution in [0, 0.1) is 0 Å². The SMILES string of the molecule is CNCc1ccc(OCc2ncon2)c(Br)c1. The fraction of sp³-hybridized carbons (Fsp3) is 0.273. The van der Waals surface area contributed by atoms with Crippen LogP contribution in [0.25, 0.3) is 0 Å². The van der Waals surface area contributed by atoms with Crippen molar-refractivity contribution in [2.75, 3.05) is 7.05 Å². The monoisotopic (exact) mass is 297 g/mol. The van der Waals surface area contributed by atoms with Gasteiger partial charge < -0.3 is 14.6 Å². The molecule has 1 heterocycles. The Morgan fingerprint density at radius 1 is 1.47 bits per heavy atom. The van der Waals surface area contributed by atoms with Gasteiger partial charge in [0.2, 0.25) is 12.2 Å². The van der Waals surface area contributed by atoms with Crippen molar-refractivity contribution in [3.8, 4) is 5.75 Å². The third-order valence-corrected chi connectivity index (χ3v) is 2.76. The van der Waals surface area contributed by atoms with Crippen LogP contribution >= 0.6 is 15.9 Å². The van der Waals surface area contributed by atoms with Crippen molar-refractivity contribution in [3.63, 3.8) is 0 Å². The predicted molar refractivity (Wildman–Crippen MR) is 65.5 cm³/mol. The molecule has 1 aromatic carbocycles. The summed E-state index contributed by atoms with van der Waals surface area (Å²) in [6, 6.07) is 5.94. The summed E-state index contributed by atoms with van der Waals surface area (Å²) in [5, 5.41) is 6.76. The third-order valence-electron chi connectivity index (χ3n) is 2.14. The number of aromatic nitrogens is 2. The van der Waals surface area contributed by atoms with Crippen LogP contribution in [0.3, 0.4) is 0 Å². The molecule has 0 radical (unpaired) electrons. The Kier molecular flexibility index (Phi) is 4.11. The van der Waals surface area contributed by atoms with E-state index < -0.39 is 0 Å². The van der Waals surface area contributed by atoms with E-state index in [0.29, 0.717) is 12.4 Å². The number of nitrogens with zero attached hydrogens (tertiary/aromatic N) is 2. The van der Waals surface area contributed by atoms with Crippen molar-refractivity contribution in [1.29, 1.82) is 0 Å². The molecule has 0 saturated carbocycles. The highest BCUT2D eigenvalue weighted by atomic mass is 79.9. The number of halogens is 1. The van der Waals surface area contributed by atoms with Crippen molar-refractivity contribution in [2.45, 2.75) is 13.2 Å². The second-order valence-corrected chi connectivity index (χ2v) is 4.29. The van der Waals surface area contributed by atoms with Crippen LogP contribution < -0.4 is 10.1 Å². The molecule has 2 aromatic rings. The van der Waals surface area contributed by atoms with Crippen LogP contribution in [0.4, 0.5) is 0 Å². The normalized spacial score (nSPS) is 10.5. The Morgan fingerprint density at radius 2 is 2.35 bits per heavy atom. The van der Waals surface area contributed by atoms with Crippen molar-refractivity contribution in [1.82, 2.24) is 15.5 Å². The molecular formula is C11H12BrN3O2. The minimum absolute atomic E-state index is 0.292. The smallest absolute Gasteiger partial charge is 0.213 e. The van der Waals surface area contributed by atoms with Gasteiger partial charge in [0.25, 0.3) is 0 Å². The maximum Gasteiger partial charge on any atom is 0.213 e. The molecule has 0 amide bonds. The molecule has 5 nitrogen and oxygen atoms in total. The highest BCUT2D eigenvalue weighted by Crippen LogP contribution is 2.26. The number of ether oxygens (including phenoxy) is 1. The zero-order valence-corrected chi connectivity index (χ0v) is 10.9. The Morgan fingerprint density at radius 3 is 3.00 bits per heavy atom. The number of hydrogen-bond acceptors (Lipinski definition) is 5. The summed E-state index contributed by atoms with van der Waals surface area (Å²) in [5.41, 5.74) is 1.19. The van der Waals surface area contributed by atoms with Gasteiger partial charge in [0.05, 0.1) is 4.47 Å². The molecule has 0 unspecified atom stereocenters. The van der Waals surface area contributed by atoms with Crippen molar-refractivity contribution in [3.05, 3.63) is 40.5 Å². The first kappa shape index (κ1) is 12.1. The molecule has 1 aromatic heterocycles. The fourth-order valence-electron chi connectivity index (χ4n) is 1.37. The van der Waals surface area contributed by atoms with Crippen LogP contribution in [-0.4, -0.2) is 17.2 Å². The molecule has 1 N–H and O–H groups in total. The van der Waals surface area contributed by atoms with Crippen LogP contribution in [0.1, 0.15) is 11.4 Å². The Bertz CT molecular complexity index is 474. The van der Waals surface area contributed by atoms with Gasteiger partial charge in [-0.3, -0.25) is 0 Å². The first-order valence-electron chi connectivity index (χ1n) is 5.10. The van der Waals surface area contributed by atoms with E-state index in [2.05, 4.69) is 35.9 Å². The molecule has 17 heavy (non-hydrogen) atoms. The van der Waals surface area contributed by atoms with Gasteiger partial charge in [0.1, 0.15) is 5.75 Å². The molecule has 0 saturated heterocycles. The van der Waals surface area contributed by atoms with Gasteiger partial charge in [0, 0.05) is 6.54 Å². The lowest BCUT2D eigenvalue weighted by molar-refractivity contribution is 0.285. The Labute approximate surface area is 107 Å². The molecule has 2 rings (SSSR count). The first-order valence-corrected chi connectivity index (χ1v) is 5.90. The predicted octanol–water partition coefficient (Wildman–Crippen LogP) is 2.13. The number of hydrogen-bond donors (Lipinski definition) is 1. The summed E-state index contributed by atoms with van der Waals surface area (Å²) in [4.78, 5) is 3.88. The average molecular weight is 298 g/mol. The molecule has 0 aliphatic carbocycles. The van der Waals surface area contributed by atoms with E-state index in [0.717, 1.165) is 16.8 Å². The Hall–Kier alpha value is -1.40. The third kappa shape index (κ3) is 3.28. The summed E-state index contributed by atoms with van der Waals surface area (Å²) < 4.78 is 11.1. The highest BCUT2D eigenvalue weighted by molar-refractivity contribution is 9.10. The second kappa shape index (κ2) is 5.79. The van der Waals surface area contributed by atoms with E-state index in [4.69, 9.17) is 4.74 Å². The largest absolute Gasteiger partial charge is 0.484 e. The van der Waals surface area contributed by atoms with E-state index in [9.17, 15) is 0 Å². The molecule has 0 aliphatic rings. The number of benzene rings is 1. The average Bonchev–Trinajstić information content (AvgIpc) is 2.81. The lowest BCUT2D eigenvalue weighted by Gasteiger charge is -2.08. The van der Waals surface area contributed by atoms with Crippen LogP contribution in [0.5, 0.6) is 5.75 Å². The van der Waals surface area contributed by atoms with E-state index in [1.165, 1.54) is 12.0 Å². The summed E-state index contributed by atoms with van der Waals surface area (Å²) in [6.45, 7) is 1.12. The van der Waals surface area contributed by atoms with Crippen LogP contribution in [0.2, 0.25) is 0 Å².